The van der Waals surface area contributed by atoms with Gasteiger partial charge < -0.3 is 10.0 Å². The Morgan fingerprint density at radius 1 is 1.30 bits per heavy atom. The lowest BCUT2D eigenvalue weighted by molar-refractivity contribution is -0.137. The molecule has 0 aromatic heterocycles. The van der Waals surface area contributed by atoms with Gasteiger partial charge in [0.1, 0.15) is 6.04 Å². The largest absolute Gasteiger partial charge is 0.478 e. The molecule has 2 aliphatic rings. The maximum absolute atomic E-state index is 12.5. The Labute approximate surface area is 131 Å². The number of nitrogens with one attached hydrogen (secondary N) is 1. The molecule has 0 spiro atoms. The summed E-state index contributed by atoms with van der Waals surface area (Å²) >= 11 is 0. The number of aliphatic carboxylic acids is 1. The van der Waals surface area contributed by atoms with Crippen molar-refractivity contribution in [3.63, 3.8) is 0 Å². The summed E-state index contributed by atoms with van der Waals surface area (Å²) in [5.74, 6) is -2.12. The Bertz CT molecular complexity index is 753. The minimum Gasteiger partial charge on any atom is -0.478 e. The number of amides is 3. The van der Waals surface area contributed by atoms with Gasteiger partial charge in [-0.05, 0) is 29.7 Å². The van der Waals surface area contributed by atoms with Crippen LogP contribution in [0.3, 0.4) is 0 Å². The van der Waals surface area contributed by atoms with Crippen LogP contribution in [0.5, 0.6) is 0 Å². The van der Waals surface area contributed by atoms with Crippen molar-refractivity contribution >= 4 is 29.8 Å². The molecule has 118 valence electrons. The fourth-order valence-electron chi connectivity index (χ4n) is 2.84. The molecule has 7 nitrogen and oxygen atoms in total. The van der Waals surface area contributed by atoms with Gasteiger partial charge in [0.15, 0.2) is 0 Å². The first kappa shape index (κ1) is 15.0. The molecular formula is C16H14N2O5. The first-order valence-corrected chi connectivity index (χ1v) is 7.14. The van der Waals surface area contributed by atoms with E-state index in [1.807, 2.05) is 0 Å². The number of benzene rings is 1. The van der Waals surface area contributed by atoms with E-state index in [9.17, 15) is 19.2 Å². The van der Waals surface area contributed by atoms with Gasteiger partial charge in [-0.1, -0.05) is 12.1 Å². The zero-order valence-electron chi connectivity index (χ0n) is 12.1. The second-order valence-electron chi connectivity index (χ2n) is 5.49. The number of fused-ring (bicyclic) bond motifs is 1. The molecule has 1 saturated heterocycles. The van der Waals surface area contributed by atoms with Crippen molar-refractivity contribution < 1.29 is 24.3 Å². The van der Waals surface area contributed by atoms with Crippen LogP contribution in [0.25, 0.3) is 6.08 Å². The molecule has 1 aromatic rings. The minimum atomic E-state index is -1.07. The van der Waals surface area contributed by atoms with Crippen molar-refractivity contribution in [3.8, 4) is 0 Å². The summed E-state index contributed by atoms with van der Waals surface area (Å²) in [7, 11) is 0. The van der Waals surface area contributed by atoms with Gasteiger partial charge in [0, 0.05) is 24.6 Å². The van der Waals surface area contributed by atoms with Crippen molar-refractivity contribution in [2.45, 2.75) is 25.4 Å². The number of carboxylic acids is 1. The van der Waals surface area contributed by atoms with Gasteiger partial charge in [0.2, 0.25) is 11.8 Å². The lowest BCUT2D eigenvalue weighted by Gasteiger charge is -2.29. The van der Waals surface area contributed by atoms with E-state index < -0.39 is 17.9 Å². The third-order valence-corrected chi connectivity index (χ3v) is 3.97. The van der Waals surface area contributed by atoms with E-state index >= 15 is 0 Å². The molecular weight excluding hydrogens is 300 g/mol. The van der Waals surface area contributed by atoms with E-state index in [0.29, 0.717) is 24.1 Å². The molecule has 2 N–H and O–H groups in total. The molecule has 1 unspecified atom stereocenters. The van der Waals surface area contributed by atoms with Crippen LogP contribution in [0.15, 0.2) is 24.3 Å². The number of hydrogen-bond donors (Lipinski definition) is 2. The number of piperidine rings is 1. The Morgan fingerprint density at radius 2 is 2.09 bits per heavy atom. The van der Waals surface area contributed by atoms with E-state index in [1.54, 1.807) is 18.2 Å². The number of carboxylic acid groups (broad SMARTS) is 1. The number of carbonyl (C=O) groups is 4. The Kier molecular flexibility index (Phi) is 3.69. The van der Waals surface area contributed by atoms with Crippen LogP contribution in [-0.4, -0.2) is 39.7 Å². The Balaban J connectivity index is 1.83. The van der Waals surface area contributed by atoms with Crippen LogP contribution < -0.4 is 5.32 Å². The summed E-state index contributed by atoms with van der Waals surface area (Å²) in [6.45, 7) is 0.309. The summed E-state index contributed by atoms with van der Waals surface area (Å²) in [6.07, 6.45) is 2.93. The standard InChI is InChI=1S/C16H14N2O5/c19-13-5-4-12(15(22)17-13)18-8-10-3-1-9(2-6-14(20)21)7-11(10)16(18)23/h1-3,6-7,12H,4-5,8H2,(H,20,21)(H,17,19,22)/b6-2+. The highest BCUT2D eigenvalue weighted by atomic mass is 16.4. The molecule has 3 rings (SSSR count). The number of carbonyl (C=O) groups excluding carboxylic acids is 3. The van der Waals surface area contributed by atoms with E-state index in [1.165, 1.54) is 11.0 Å². The zero-order chi connectivity index (χ0) is 16.6. The summed E-state index contributed by atoms with van der Waals surface area (Å²) in [6, 6.07) is 4.44. The first-order chi connectivity index (χ1) is 11.0. The summed E-state index contributed by atoms with van der Waals surface area (Å²) in [5, 5.41) is 10.9. The van der Waals surface area contributed by atoms with Gasteiger partial charge in [-0.2, -0.15) is 0 Å². The maximum atomic E-state index is 12.5. The van der Waals surface area contributed by atoms with E-state index in [-0.39, 0.29) is 18.2 Å². The third-order valence-electron chi connectivity index (χ3n) is 3.97. The normalized spacial score (nSPS) is 20.8. The van der Waals surface area contributed by atoms with Gasteiger partial charge in [0.25, 0.3) is 5.91 Å². The van der Waals surface area contributed by atoms with Crippen LogP contribution >= 0.6 is 0 Å². The zero-order valence-corrected chi connectivity index (χ0v) is 12.1. The molecule has 2 aliphatic heterocycles. The van der Waals surface area contributed by atoms with Gasteiger partial charge in [-0.3, -0.25) is 19.7 Å². The van der Waals surface area contributed by atoms with Crippen molar-refractivity contribution in [1.29, 1.82) is 0 Å². The summed E-state index contributed by atoms with van der Waals surface area (Å²) in [4.78, 5) is 47.7. The average molecular weight is 314 g/mol. The highest BCUT2D eigenvalue weighted by molar-refractivity contribution is 6.05. The van der Waals surface area contributed by atoms with E-state index in [2.05, 4.69) is 5.32 Å². The molecule has 1 atom stereocenters. The molecule has 3 amide bonds. The van der Waals surface area contributed by atoms with Crippen LogP contribution in [0, 0.1) is 0 Å². The minimum absolute atomic E-state index is 0.211. The predicted molar refractivity (Wildman–Crippen MR) is 79.2 cm³/mol. The van der Waals surface area contributed by atoms with Crippen molar-refractivity contribution in [1.82, 2.24) is 10.2 Å². The van der Waals surface area contributed by atoms with Gasteiger partial charge in [0.05, 0.1) is 0 Å². The first-order valence-electron chi connectivity index (χ1n) is 7.14. The van der Waals surface area contributed by atoms with Gasteiger partial charge in [-0.25, -0.2) is 4.79 Å². The van der Waals surface area contributed by atoms with Crippen molar-refractivity contribution in [2.75, 3.05) is 0 Å². The molecule has 0 bridgehead atoms. The quantitative estimate of drug-likeness (QED) is 0.626. The SMILES string of the molecule is O=C(O)/C=C/c1ccc2c(c1)C(=O)N(C1CCC(=O)NC1=O)C2. The predicted octanol–water partition coefficient (Wildman–Crippen LogP) is 0.545. The fourth-order valence-corrected chi connectivity index (χ4v) is 2.84. The smallest absolute Gasteiger partial charge is 0.328 e. The van der Waals surface area contributed by atoms with Crippen LogP contribution in [-0.2, 0) is 20.9 Å². The highest BCUT2D eigenvalue weighted by Crippen LogP contribution is 2.28. The van der Waals surface area contributed by atoms with E-state index in [0.717, 1.165) is 11.6 Å². The number of imide groups is 1. The van der Waals surface area contributed by atoms with Gasteiger partial charge in [-0.15, -0.1) is 0 Å². The lowest BCUT2D eigenvalue weighted by atomic mass is 10.0. The summed E-state index contributed by atoms with van der Waals surface area (Å²) in [5.41, 5.74) is 1.85. The fraction of sp³-hybridized carbons (Fsp3) is 0.250. The van der Waals surface area contributed by atoms with Gasteiger partial charge >= 0.3 is 5.97 Å². The lowest BCUT2D eigenvalue weighted by Crippen LogP contribution is -2.52. The van der Waals surface area contributed by atoms with Crippen molar-refractivity contribution in [3.05, 3.63) is 41.0 Å². The molecule has 23 heavy (non-hydrogen) atoms. The Morgan fingerprint density at radius 3 is 2.78 bits per heavy atom. The molecule has 7 heteroatoms. The Hall–Kier alpha value is -2.96. The average Bonchev–Trinajstić information content (AvgIpc) is 2.82. The highest BCUT2D eigenvalue weighted by Gasteiger charge is 2.38. The van der Waals surface area contributed by atoms with Crippen LogP contribution in [0.4, 0.5) is 0 Å². The van der Waals surface area contributed by atoms with Crippen LogP contribution in [0.1, 0.15) is 34.3 Å². The monoisotopic (exact) mass is 314 g/mol. The molecule has 0 radical (unpaired) electrons. The molecule has 1 fully saturated rings. The number of rotatable bonds is 3. The molecule has 0 aliphatic carbocycles. The third kappa shape index (κ3) is 2.85. The number of nitrogens with zero attached hydrogens (tertiary/aromatic N) is 1. The van der Waals surface area contributed by atoms with Crippen LogP contribution in [0.2, 0.25) is 0 Å². The second-order valence-corrected chi connectivity index (χ2v) is 5.49. The molecule has 2 heterocycles. The van der Waals surface area contributed by atoms with E-state index in [4.69, 9.17) is 5.11 Å². The maximum Gasteiger partial charge on any atom is 0.328 e. The molecule has 1 aromatic carbocycles. The summed E-state index contributed by atoms with van der Waals surface area (Å²) < 4.78 is 0. The topological polar surface area (TPSA) is 104 Å². The van der Waals surface area contributed by atoms with Crippen molar-refractivity contribution in [2.24, 2.45) is 0 Å². The second kappa shape index (κ2) is 5.68. The molecule has 0 saturated carbocycles. The number of hydrogen-bond acceptors (Lipinski definition) is 4.